The van der Waals surface area contributed by atoms with Crippen LogP contribution < -0.4 is 5.32 Å². The highest BCUT2D eigenvalue weighted by atomic mass is 32.2. The lowest BCUT2D eigenvalue weighted by Crippen LogP contribution is -2.24. The van der Waals surface area contributed by atoms with Crippen molar-refractivity contribution in [3.63, 3.8) is 0 Å². The topological polar surface area (TPSA) is 29.1 Å². The molecule has 2 atom stereocenters. The van der Waals surface area contributed by atoms with E-state index >= 15 is 0 Å². The fraction of sp³-hybridized carbons (Fsp3) is 0.600. The summed E-state index contributed by atoms with van der Waals surface area (Å²) in [6.45, 7) is 3.00. The Bertz CT molecular complexity index is 272. The maximum Gasteiger partial charge on any atom is 0.0412 e. The predicted molar refractivity (Wildman–Crippen MR) is 64.3 cm³/mol. The summed E-state index contributed by atoms with van der Waals surface area (Å²) in [4.78, 5) is 1.37. The molecule has 80 valence electrons. The normalized spacial score (nSPS) is 15.3. The summed E-state index contributed by atoms with van der Waals surface area (Å²) in [5.74, 6) is 0.738. The molecule has 1 rings (SSSR count). The van der Waals surface area contributed by atoms with E-state index < -0.39 is 10.8 Å². The van der Waals surface area contributed by atoms with Gasteiger partial charge in [-0.2, -0.15) is 0 Å². The van der Waals surface area contributed by atoms with E-state index in [4.69, 9.17) is 0 Å². The van der Waals surface area contributed by atoms with Crippen molar-refractivity contribution in [2.75, 3.05) is 18.6 Å². The molecule has 1 aromatic heterocycles. The van der Waals surface area contributed by atoms with Crippen LogP contribution in [0.25, 0.3) is 0 Å². The fourth-order valence-corrected chi connectivity index (χ4v) is 2.60. The zero-order chi connectivity index (χ0) is 10.4. The van der Waals surface area contributed by atoms with Crippen LogP contribution in [0.5, 0.6) is 0 Å². The Morgan fingerprint density at radius 3 is 2.93 bits per heavy atom. The molecule has 1 aromatic rings. The van der Waals surface area contributed by atoms with Gasteiger partial charge in [0.1, 0.15) is 0 Å². The Morgan fingerprint density at radius 1 is 1.64 bits per heavy atom. The number of nitrogens with one attached hydrogen (secondary N) is 1. The van der Waals surface area contributed by atoms with Gasteiger partial charge in [0.25, 0.3) is 0 Å². The quantitative estimate of drug-likeness (QED) is 0.813. The number of rotatable bonds is 6. The van der Waals surface area contributed by atoms with Gasteiger partial charge in [-0.25, -0.2) is 0 Å². The van der Waals surface area contributed by atoms with Crippen molar-refractivity contribution < 1.29 is 4.21 Å². The highest BCUT2D eigenvalue weighted by molar-refractivity contribution is 7.84. The van der Waals surface area contributed by atoms with Crippen molar-refractivity contribution in [1.82, 2.24) is 5.32 Å². The molecule has 1 heterocycles. The van der Waals surface area contributed by atoms with E-state index in [2.05, 4.69) is 29.8 Å². The molecule has 14 heavy (non-hydrogen) atoms. The first-order valence-corrected chi connectivity index (χ1v) is 7.41. The maximum absolute atomic E-state index is 10.9. The lowest BCUT2D eigenvalue weighted by molar-refractivity contribution is 0.546. The molecule has 0 aromatic carbocycles. The molecule has 1 N–H and O–H groups in total. The van der Waals surface area contributed by atoms with Gasteiger partial charge < -0.3 is 5.32 Å². The Morgan fingerprint density at radius 2 is 2.43 bits per heavy atom. The minimum atomic E-state index is -0.690. The zero-order valence-electron chi connectivity index (χ0n) is 8.66. The average Bonchev–Trinajstić information content (AvgIpc) is 2.64. The molecule has 0 amide bonds. The van der Waals surface area contributed by atoms with Gasteiger partial charge >= 0.3 is 0 Å². The number of hydrogen-bond donors (Lipinski definition) is 1. The first kappa shape index (κ1) is 11.9. The number of thiophene rings is 1. The Balaban J connectivity index is 2.36. The third-order valence-corrected chi connectivity index (χ3v) is 3.84. The van der Waals surface area contributed by atoms with Crippen molar-refractivity contribution in [3.8, 4) is 0 Å². The minimum Gasteiger partial charge on any atom is -0.308 e. The minimum absolute atomic E-state index is 0.429. The van der Waals surface area contributed by atoms with Gasteiger partial charge in [0, 0.05) is 40.3 Å². The van der Waals surface area contributed by atoms with E-state index in [1.54, 1.807) is 17.6 Å². The lowest BCUT2D eigenvalue weighted by atomic mass is 10.2. The van der Waals surface area contributed by atoms with Crippen LogP contribution in [0.4, 0.5) is 0 Å². The molecular weight excluding hydrogens is 214 g/mol. The van der Waals surface area contributed by atoms with Crippen molar-refractivity contribution in [3.05, 3.63) is 22.4 Å². The molecule has 0 saturated carbocycles. The maximum atomic E-state index is 10.9. The summed E-state index contributed by atoms with van der Waals surface area (Å²) in [5, 5.41) is 5.52. The van der Waals surface area contributed by atoms with Gasteiger partial charge in [0.2, 0.25) is 0 Å². The van der Waals surface area contributed by atoms with Crippen LogP contribution in [-0.4, -0.2) is 22.8 Å². The zero-order valence-corrected chi connectivity index (χ0v) is 10.3. The molecule has 2 nitrogen and oxygen atoms in total. The molecule has 0 saturated heterocycles. The molecule has 2 unspecified atom stereocenters. The van der Waals surface area contributed by atoms with E-state index in [1.807, 2.05) is 0 Å². The van der Waals surface area contributed by atoms with Crippen LogP contribution in [0.3, 0.4) is 0 Å². The van der Waals surface area contributed by atoms with Crippen LogP contribution in [0.1, 0.15) is 24.3 Å². The molecular formula is C10H17NOS2. The van der Waals surface area contributed by atoms with Gasteiger partial charge in [-0.3, -0.25) is 4.21 Å². The predicted octanol–water partition coefficient (Wildman–Crippen LogP) is 2.17. The second-order valence-corrected chi connectivity index (χ2v) is 5.74. The summed E-state index contributed by atoms with van der Waals surface area (Å²) in [5.41, 5.74) is 0. The third kappa shape index (κ3) is 3.90. The molecule has 0 aliphatic rings. The Hall–Kier alpha value is -0.190. The van der Waals surface area contributed by atoms with Crippen LogP contribution >= 0.6 is 11.3 Å². The highest BCUT2D eigenvalue weighted by Gasteiger charge is 2.08. The summed E-state index contributed by atoms with van der Waals surface area (Å²) in [7, 11) is -0.690. The van der Waals surface area contributed by atoms with E-state index in [9.17, 15) is 4.21 Å². The van der Waals surface area contributed by atoms with Crippen LogP contribution in [0, 0.1) is 0 Å². The first-order valence-electron chi connectivity index (χ1n) is 4.81. The molecule has 0 radical (unpaired) electrons. The molecule has 0 spiro atoms. The number of hydrogen-bond acceptors (Lipinski definition) is 3. The lowest BCUT2D eigenvalue weighted by Gasteiger charge is -2.14. The van der Waals surface area contributed by atoms with Crippen LogP contribution in [0.2, 0.25) is 0 Å². The monoisotopic (exact) mass is 231 g/mol. The van der Waals surface area contributed by atoms with Crippen molar-refractivity contribution in [2.24, 2.45) is 0 Å². The second kappa shape index (κ2) is 6.32. The molecule has 0 aliphatic carbocycles. The van der Waals surface area contributed by atoms with Gasteiger partial charge in [-0.05, 0) is 17.9 Å². The van der Waals surface area contributed by atoms with Gasteiger partial charge in [0.15, 0.2) is 0 Å². The van der Waals surface area contributed by atoms with Gasteiger partial charge in [0.05, 0.1) is 0 Å². The average molecular weight is 231 g/mol. The highest BCUT2D eigenvalue weighted by Crippen LogP contribution is 2.21. The van der Waals surface area contributed by atoms with E-state index in [0.717, 1.165) is 18.7 Å². The van der Waals surface area contributed by atoms with Gasteiger partial charge in [-0.1, -0.05) is 13.0 Å². The molecule has 0 aliphatic heterocycles. The second-order valence-electron chi connectivity index (χ2n) is 3.21. The van der Waals surface area contributed by atoms with E-state index in [-0.39, 0.29) is 0 Å². The van der Waals surface area contributed by atoms with Crippen molar-refractivity contribution in [2.45, 2.75) is 19.4 Å². The third-order valence-electron chi connectivity index (χ3n) is 2.08. The smallest absolute Gasteiger partial charge is 0.0412 e. The van der Waals surface area contributed by atoms with Gasteiger partial charge in [-0.15, -0.1) is 11.3 Å². The molecule has 0 bridgehead atoms. The van der Waals surface area contributed by atoms with Crippen molar-refractivity contribution >= 4 is 22.1 Å². The van der Waals surface area contributed by atoms with E-state index in [1.165, 1.54) is 4.88 Å². The summed E-state index contributed by atoms with van der Waals surface area (Å²) in [6, 6.07) is 4.65. The molecule has 4 heteroatoms. The van der Waals surface area contributed by atoms with E-state index in [0.29, 0.717) is 6.04 Å². The summed E-state index contributed by atoms with van der Waals surface area (Å²) in [6.07, 6.45) is 2.82. The standard InChI is InChI=1S/C10H17NOS2/c1-3-9(10-5-4-7-13-10)11-6-8-14(2)12/h4-5,7,9,11H,3,6,8H2,1-2H3. The van der Waals surface area contributed by atoms with Crippen LogP contribution in [-0.2, 0) is 10.8 Å². The largest absolute Gasteiger partial charge is 0.308 e. The first-order chi connectivity index (χ1) is 6.74. The Labute approximate surface area is 92.2 Å². The molecule has 0 fully saturated rings. The van der Waals surface area contributed by atoms with Crippen LogP contribution in [0.15, 0.2) is 17.5 Å². The van der Waals surface area contributed by atoms with Crippen molar-refractivity contribution in [1.29, 1.82) is 0 Å². The summed E-state index contributed by atoms with van der Waals surface area (Å²) >= 11 is 1.78. The summed E-state index contributed by atoms with van der Waals surface area (Å²) < 4.78 is 10.9. The Kier molecular flexibility index (Phi) is 5.37. The SMILES string of the molecule is CCC(NCCS(C)=O)c1cccs1. The fourth-order valence-electron chi connectivity index (χ4n) is 1.31.